The molecule has 2 saturated heterocycles. The maximum absolute atomic E-state index is 15.1. The van der Waals surface area contributed by atoms with E-state index in [-0.39, 0.29) is 58.4 Å². The Bertz CT molecular complexity index is 2920. The first-order chi connectivity index (χ1) is 28.2. The summed E-state index contributed by atoms with van der Waals surface area (Å²) in [5.74, 6) is -2.77. The fraction of sp³-hybridized carbons (Fsp3) is 0.289. The van der Waals surface area contributed by atoms with Gasteiger partial charge < -0.3 is 27.0 Å². The number of rotatable bonds is 8. The molecular weight excluding hydrogens is 849 g/mol. The van der Waals surface area contributed by atoms with Crippen molar-refractivity contribution in [3.63, 3.8) is 0 Å². The Hall–Kier alpha value is -5.84. The van der Waals surface area contributed by atoms with Crippen LogP contribution in [0.3, 0.4) is 0 Å². The highest BCUT2D eigenvalue weighted by Crippen LogP contribution is 2.41. The van der Waals surface area contributed by atoms with Crippen LogP contribution in [-0.2, 0) is 16.2 Å². The fourth-order valence-corrected chi connectivity index (χ4v) is 10.7. The molecule has 0 atom stereocenters. The molecule has 0 aliphatic carbocycles. The fourth-order valence-electron chi connectivity index (χ4n) is 7.15. The molecule has 0 spiro atoms. The zero-order chi connectivity index (χ0) is 43.2. The molecule has 312 valence electrons. The van der Waals surface area contributed by atoms with E-state index in [4.69, 9.17) is 11.5 Å². The number of halogens is 4. The SMILES string of the molecule is Cc1nnc2sc(C(=O)NC3CN(C(=O)c4cc(F)cc(-c5cc(S(=O)(=O)N6CC(NC(=O)c7sc8nnc(C)c(C)c8c7N)C6)ccc5C(F)(F)F)c4)C3)c(N)c2c1C. The number of hydrogen-bond donors (Lipinski definition) is 4. The lowest BCUT2D eigenvalue weighted by molar-refractivity contribution is -0.137. The smallest absolute Gasteiger partial charge is 0.397 e. The topological polar surface area (TPSA) is 219 Å². The van der Waals surface area contributed by atoms with Crippen molar-refractivity contribution < 1.29 is 40.4 Å². The molecule has 0 bridgehead atoms. The first-order valence-corrected chi connectivity index (χ1v) is 21.3. The van der Waals surface area contributed by atoms with Crippen molar-refractivity contribution in [2.75, 3.05) is 37.6 Å². The third-order valence-electron chi connectivity index (χ3n) is 10.8. The summed E-state index contributed by atoms with van der Waals surface area (Å²) in [6.45, 7) is 6.83. The van der Waals surface area contributed by atoms with E-state index in [0.29, 0.717) is 37.9 Å². The average molecular weight is 883 g/mol. The van der Waals surface area contributed by atoms with E-state index in [1.54, 1.807) is 13.8 Å². The molecule has 60 heavy (non-hydrogen) atoms. The van der Waals surface area contributed by atoms with Crippen LogP contribution in [0.15, 0.2) is 41.3 Å². The van der Waals surface area contributed by atoms with Crippen LogP contribution in [0.2, 0.25) is 0 Å². The molecule has 2 aromatic carbocycles. The molecule has 2 fully saturated rings. The van der Waals surface area contributed by atoms with Gasteiger partial charge in [0.2, 0.25) is 10.0 Å². The van der Waals surface area contributed by atoms with E-state index in [2.05, 4.69) is 31.0 Å². The molecule has 0 radical (unpaired) electrons. The third-order valence-corrected chi connectivity index (χ3v) is 14.8. The van der Waals surface area contributed by atoms with Crippen LogP contribution < -0.4 is 22.1 Å². The first kappa shape index (κ1) is 40.9. The number of alkyl halides is 3. The maximum Gasteiger partial charge on any atom is 0.417 e. The molecule has 15 nitrogen and oxygen atoms in total. The van der Waals surface area contributed by atoms with Gasteiger partial charge in [-0.3, -0.25) is 14.4 Å². The summed E-state index contributed by atoms with van der Waals surface area (Å²) in [4.78, 5) is 41.9. The molecule has 4 aromatic heterocycles. The van der Waals surface area contributed by atoms with Crippen molar-refractivity contribution in [2.45, 2.75) is 50.9 Å². The van der Waals surface area contributed by atoms with Crippen molar-refractivity contribution in [3.05, 3.63) is 85.6 Å². The number of aryl methyl sites for hydroxylation is 4. The van der Waals surface area contributed by atoms with Gasteiger partial charge in [0, 0.05) is 42.5 Å². The molecule has 6 aromatic rings. The van der Waals surface area contributed by atoms with E-state index >= 15 is 4.39 Å². The van der Waals surface area contributed by atoms with Crippen molar-refractivity contribution in [3.8, 4) is 11.1 Å². The van der Waals surface area contributed by atoms with Crippen LogP contribution in [0.1, 0.15) is 57.8 Å². The van der Waals surface area contributed by atoms with Gasteiger partial charge in [-0.2, -0.15) is 27.7 Å². The summed E-state index contributed by atoms with van der Waals surface area (Å²) in [7, 11) is -4.41. The van der Waals surface area contributed by atoms with Gasteiger partial charge in [0.25, 0.3) is 17.7 Å². The highest BCUT2D eigenvalue weighted by atomic mass is 32.2. The highest BCUT2D eigenvalue weighted by molar-refractivity contribution is 7.89. The van der Waals surface area contributed by atoms with E-state index in [1.807, 2.05) is 13.8 Å². The van der Waals surface area contributed by atoms with Crippen LogP contribution in [0.4, 0.5) is 28.9 Å². The van der Waals surface area contributed by atoms with Gasteiger partial charge >= 0.3 is 6.18 Å². The Balaban J connectivity index is 0.965. The normalized spacial score (nSPS) is 15.3. The third kappa shape index (κ3) is 7.05. The molecule has 3 amide bonds. The number of thiophene rings is 2. The first-order valence-electron chi connectivity index (χ1n) is 18.2. The van der Waals surface area contributed by atoms with Gasteiger partial charge in [0.05, 0.1) is 45.3 Å². The minimum atomic E-state index is -4.98. The Morgan fingerprint density at radius 2 is 1.28 bits per heavy atom. The minimum Gasteiger partial charge on any atom is -0.397 e. The molecule has 2 aliphatic rings. The molecule has 6 heterocycles. The van der Waals surface area contributed by atoms with Gasteiger partial charge in [0.1, 0.15) is 25.2 Å². The predicted octanol–water partition coefficient (Wildman–Crippen LogP) is 4.98. The number of carbonyl (C=O) groups is 3. The number of nitrogens with zero attached hydrogens (tertiary/aromatic N) is 6. The minimum absolute atomic E-state index is 0.0174. The second-order valence-corrected chi connectivity index (χ2v) is 18.6. The van der Waals surface area contributed by atoms with Crippen LogP contribution >= 0.6 is 22.7 Å². The van der Waals surface area contributed by atoms with Gasteiger partial charge in [-0.1, -0.05) is 0 Å². The number of anilines is 2. The van der Waals surface area contributed by atoms with Crippen LogP contribution in [0.5, 0.6) is 0 Å². The van der Waals surface area contributed by atoms with Gasteiger partial charge in [-0.15, -0.1) is 32.9 Å². The monoisotopic (exact) mass is 882 g/mol. The van der Waals surface area contributed by atoms with Crippen molar-refractivity contribution >= 4 is 82.2 Å². The zero-order valence-corrected chi connectivity index (χ0v) is 34.5. The second kappa shape index (κ2) is 14.7. The molecular formula is C38H34F4N10O5S3. The van der Waals surface area contributed by atoms with E-state index in [9.17, 15) is 36.0 Å². The number of aromatic nitrogens is 4. The average Bonchev–Trinajstić information content (AvgIpc) is 3.69. The summed E-state index contributed by atoms with van der Waals surface area (Å²) < 4.78 is 86.6. The largest absolute Gasteiger partial charge is 0.417 e. The van der Waals surface area contributed by atoms with Crippen LogP contribution in [0.25, 0.3) is 31.6 Å². The number of fused-ring (bicyclic) bond motifs is 2. The molecule has 8 rings (SSSR count). The predicted molar refractivity (Wildman–Crippen MR) is 217 cm³/mol. The Morgan fingerprint density at radius 1 is 0.767 bits per heavy atom. The van der Waals surface area contributed by atoms with Crippen molar-refractivity contribution in [2.24, 2.45) is 0 Å². The van der Waals surface area contributed by atoms with Gasteiger partial charge in [-0.25, -0.2) is 12.8 Å². The number of hydrogen-bond acceptors (Lipinski definition) is 13. The summed E-state index contributed by atoms with van der Waals surface area (Å²) in [5.41, 5.74) is 13.3. The second-order valence-electron chi connectivity index (χ2n) is 14.7. The molecule has 6 N–H and O–H groups in total. The Kier molecular flexibility index (Phi) is 10.0. The lowest BCUT2D eigenvalue weighted by Gasteiger charge is -2.39. The molecule has 0 saturated carbocycles. The molecule has 22 heteroatoms. The van der Waals surface area contributed by atoms with Crippen LogP contribution in [-0.4, -0.2) is 94.0 Å². The van der Waals surface area contributed by atoms with Gasteiger partial charge in [-0.05, 0) is 86.3 Å². The number of carbonyl (C=O) groups excluding carboxylic acids is 3. The standard InChI is InChI=1S/C38H34F4N10O5S3/c1-15-17(3)47-49-35-27(15)29(43)31(58-35)33(53)45-22-11-51(12-22)37(55)20-7-19(8-21(39)9-20)25-10-24(5-6-26(25)38(40,41)42)60(56,57)52-13-23(14-52)46-34(54)32-30(44)28-16(2)18(4)48-50-36(28)59-32/h5-10,22-23H,11-14,43-44H2,1-4H3,(H,45,53)(H,46,54). The maximum atomic E-state index is 15.1. The van der Waals surface area contributed by atoms with E-state index < -0.39 is 67.8 Å². The number of amides is 3. The quantitative estimate of drug-likeness (QED) is 0.150. The number of sulfonamides is 1. The summed E-state index contributed by atoms with van der Waals surface area (Å²) >= 11 is 2.12. The van der Waals surface area contributed by atoms with Crippen molar-refractivity contribution in [1.82, 2.24) is 40.2 Å². The number of nitrogen functional groups attached to an aromatic ring is 2. The number of nitrogens with two attached hydrogens (primary N) is 2. The molecule has 0 unspecified atom stereocenters. The van der Waals surface area contributed by atoms with E-state index in [1.165, 1.54) is 4.90 Å². The number of benzene rings is 2. The zero-order valence-electron chi connectivity index (χ0n) is 32.1. The van der Waals surface area contributed by atoms with E-state index in [0.717, 1.165) is 68.4 Å². The Labute approximate surface area is 346 Å². The number of nitrogens with one attached hydrogen (secondary N) is 2. The summed E-state index contributed by atoms with van der Waals surface area (Å²) in [6, 6.07) is 3.76. The van der Waals surface area contributed by atoms with Gasteiger partial charge in [0.15, 0.2) is 0 Å². The lowest BCUT2D eigenvalue weighted by Crippen LogP contribution is -2.60. The van der Waals surface area contributed by atoms with Crippen LogP contribution in [0, 0.1) is 33.5 Å². The lowest BCUT2D eigenvalue weighted by atomic mass is 9.96. The molecule has 2 aliphatic heterocycles. The number of likely N-dealkylation sites (tertiary alicyclic amines) is 1. The Morgan fingerprint density at radius 3 is 1.80 bits per heavy atom. The summed E-state index contributed by atoms with van der Waals surface area (Å²) in [6.07, 6.45) is -4.98. The summed E-state index contributed by atoms with van der Waals surface area (Å²) in [5, 5.41) is 23.1. The highest BCUT2D eigenvalue weighted by Gasteiger charge is 2.41. The van der Waals surface area contributed by atoms with Crippen molar-refractivity contribution in [1.29, 1.82) is 0 Å².